The van der Waals surface area contributed by atoms with E-state index in [0.717, 1.165) is 0 Å². The van der Waals surface area contributed by atoms with E-state index in [1.54, 1.807) is 13.0 Å². The van der Waals surface area contributed by atoms with Gasteiger partial charge in [0.2, 0.25) is 11.8 Å². The fourth-order valence-electron chi connectivity index (χ4n) is 0.617. The monoisotopic (exact) mass is 201 g/mol. The van der Waals surface area contributed by atoms with Crippen LogP contribution >= 0.6 is 0 Å². The normalized spacial score (nSPS) is 11.8. The Morgan fingerprint density at radius 1 is 1.64 bits per heavy atom. The van der Waals surface area contributed by atoms with Crippen LogP contribution in [0.15, 0.2) is 12.7 Å². The standard InChI is InChI=1S/C8H15N3O3/c1-3-4-10-8(13)6(2)11-14-5-7(9)12/h3,6,11H,1,4-5H2,2H3,(H2,9,12)(H,10,13). The van der Waals surface area contributed by atoms with E-state index in [2.05, 4.69) is 22.2 Å². The summed E-state index contributed by atoms with van der Waals surface area (Å²) in [5.74, 6) is -0.842. The van der Waals surface area contributed by atoms with E-state index in [-0.39, 0.29) is 12.5 Å². The zero-order valence-corrected chi connectivity index (χ0v) is 8.08. The third-order valence-corrected chi connectivity index (χ3v) is 1.29. The van der Waals surface area contributed by atoms with Gasteiger partial charge >= 0.3 is 0 Å². The molecule has 0 aromatic rings. The molecule has 0 fully saturated rings. The molecular weight excluding hydrogens is 186 g/mol. The Morgan fingerprint density at radius 2 is 2.29 bits per heavy atom. The highest BCUT2D eigenvalue weighted by molar-refractivity contribution is 5.81. The molecule has 0 saturated heterocycles. The third-order valence-electron chi connectivity index (χ3n) is 1.29. The van der Waals surface area contributed by atoms with Crippen molar-refractivity contribution in [2.45, 2.75) is 13.0 Å². The number of nitrogens with two attached hydrogens (primary N) is 1. The number of hydroxylamine groups is 1. The second kappa shape index (κ2) is 7.05. The minimum Gasteiger partial charge on any atom is -0.368 e. The van der Waals surface area contributed by atoms with Crippen molar-refractivity contribution in [3.63, 3.8) is 0 Å². The van der Waals surface area contributed by atoms with Crippen LogP contribution < -0.4 is 16.5 Å². The fraction of sp³-hybridized carbons (Fsp3) is 0.500. The largest absolute Gasteiger partial charge is 0.368 e. The summed E-state index contributed by atoms with van der Waals surface area (Å²) >= 11 is 0. The maximum Gasteiger partial charge on any atom is 0.245 e. The van der Waals surface area contributed by atoms with Crippen molar-refractivity contribution >= 4 is 11.8 Å². The first kappa shape index (κ1) is 12.6. The molecule has 0 spiro atoms. The van der Waals surface area contributed by atoms with Crippen molar-refractivity contribution in [2.24, 2.45) is 5.73 Å². The van der Waals surface area contributed by atoms with E-state index >= 15 is 0 Å². The summed E-state index contributed by atoms with van der Waals surface area (Å²) in [5.41, 5.74) is 7.19. The van der Waals surface area contributed by atoms with Gasteiger partial charge in [-0.05, 0) is 6.92 Å². The Labute approximate surface area is 82.4 Å². The van der Waals surface area contributed by atoms with E-state index in [9.17, 15) is 9.59 Å². The summed E-state index contributed by atoms with van der Waals surface area (Å²) in [6, 6.07) is -0.547. The maximum absolute atomic E-state index is 11.2. The molecule has 0 saturated carbocycles. The number of hydrogen-bond donors (Lipinski definition) is 3. The molecule has 6 nitrogen and oxygen atoms in total. The lowest BCUT2D eigenvalue weighted by Crippen LogP contribution is -2.43. The highest BCUT2D eigenvalue weighted by atomic mass is 16.6. The maximum atomic E-state index is 11.2. The number of amides is 2. The lowest BCUT2D eigenvalue weighted by molar-refractivity contribution is -0.132. The Balaban J connectivity index is 3.61. The first-order chi connectivity index (χ1) is 6.57. The molecule has 4 N–H and O–H groups in total. The van der Waals surface area contributed by atoms with Crippen LogP contribution in [0.1, 0.15) is 6.92 Å². The first-order valence-corrected chi connectivity index (χ1v) is 4.12. The van der Waals surface area contributed by atoms with Crippen LogP contribution in [0, 0.1) is 0 Å². The molecule has 0 heterocycles. The molecule has 0 radical (unpaired) electrons. The van der Waals surface area contributed by atoms with Gasteiger partial charge in [0.15, 0.2) is 0 Å². The number of carbonyl (C=O) groups excluding carboxylic acids is 2. The number of rotatable bonds is 7. The molecule has 2 amide bonds. The molecule has 6 heteroatoms. The minimum absolute atomic E-state index is 0.241. The Morgan fingerprint density at radius 3 is 2.79 bits per heavy atom. The summed E-state index contributed by atoms with van der Waals surface area (Å²) in [6.07, 6.45) is 1.56. The minimum atomic E-state index is -0.601. The Hall–Kier alpha value is -1.40. The number of nitrogens with one attached hydrogen (secondary N) is 2. The lowest BCUT2D eigenvalue weighted by Gasteiger charge is -2.12. The molecule has 1 atom stereocenters. The molecule has 0 aromatic heterocycles. The third kappa shape index (κ3) is 6.15. The summed E-state index contributed by atoms with van der Waals surface area (Å²) < 4.78 is 0. The Kier molecular flexibility index (Phi) is 6.34. The summed E-state index contributed by atoms with van der Waals surface area (Å²) in [5, 5.41) is 2.55. The van der Waals surface area contributed by atoms with Crippen molar-refractivity contribution in [3.05, 3.63) is 12.7 Å². The predicted molar refractivity (Wildman–Crippen MR) is 51.0 cm³/mol. The number of carbonyl (C=O) groups is 2. The number of hydrogen-bond acceptors (Lipinski definition) is 4. The zero-order valence-electron chi connectivity index (χ0n) is 8.08. The van der Waals surface area contributed by atoms with Crippen molar-refractivity contribution in [3.8, 4) is 0 Å². The quantitative estimate of drug-likeness (QED) is 0.352. The molecule has 80 valence electrons. The van der Waals surface area contributed by atoms with Crippen LogP contribution in [-0.4, -0.2) is 31.0 Å². The van der Waals surface area contributed by atoms with Crippen LogP contribution in [0.2, 0.25) is 0 Å². The van der Waals surface area contributed by atoms with Crippen LogP contribution in [0.4, 0.5) is 0 Å². The van der Waals surface area contributed by atoms with Gasteiger partial charge in [-0.2, -0.15) is 5.48 Å². The van der Waals surface area contributed by atoms with Gasteiger partial charge in [-0.15, -0.1) is 6.58 Å². The average molecular weight is 201 g/mol. The topological polar surface area (TPSA) is 93.4 Å². The van der Waals surface area contributed by atoms with Crippen molar-refractivity contribution in [2.75, 3.05) is 13.2 Å². The van der Waals surface area contributed by atoms with Crippen LogP contribution in [-0.2, 0) is 14.4 Å². The van der Waals surface area contributed by atoms with Gasteiger partial charge in [-0.25, -0.2) is 0 Å². The molecule has 0 rings (SSSR count). The van der Waals surface area contributed by atoms with Gasteiger partial charge < -0.3 is 11.1 Å². The average Bonchev–Trinajstić information content (AvgIpc) is 2.13. The number of primary amides is 1. The van der Waals surface area contributed by atoms with E-state index in [4.69, 9.17) is 5.73 Å². The first-order valence-electron chi connectivity index (χ1n) is 4.12. The van der Waals surface area contributed by atoms with Gasteiger partial charge in [-0.3, -0.25) is 14.4 Å². The van der Waals surface area contributed by atoms with Crippen molar-refractivity contribution < 1.29 is 14.4 Å². The van der Waals surface area contributed by atoms with Crippen LogP contribution in [0.5, 0.6) is 0 Å². The van der Waals surface area contributed by atoms with Crippen LogP contribution in [0.25, 0.3) is 0 Å². The fourth-order valence-corrected chi connectivity index (χ4v) is 0.617. The van der Waals surface area contributed by atoms with Gasteiger partial charge in [0.05, 0.1) is 0 Å². The predicted octanol–water partition coefficient (Wildman–Crippen LogP) is -1.32. The summed E-state index contributed by atoms with van der Waals surface area (Å²) in [4.78, 5) is 26.1. The van der Waals surface area contributed by atoms with Gasteiger partial charge in [-0.1, -0.05) is 6.08 Å². The molecule has 1 unspecified atom stereocenters. The van der Waals surface area contributed by atoms with Gasteiger partial charge in [0.1, 0.15) is 12.6 Å². The van der Waals surface area contributed by atoms with E-state index in [0.29, 0.717) is 6.54 Å². The summed E-state index contributed by atoms with van der Waals surface area (Å²) in [6.45, 7) is 5.17. The molecular formula is C8H15N3O3. The van der Waals surface area contributed by atoms with Crippen molar-refractivity contribution in [1.82, 2.24) is 10.8 Å². The SMILES string of the molecule is C=CCNC(=O)C(C)NOCC(N)=O. The zero-order chi connectivity index (χ0) is 11.0. The molecule has 14 heavy (non-hydrogen) atoms. The second-order valence-corrected chi connectivity index (χ2v) is 2.63. The van der Waals surface area contributed by atoms with Crippen LogP contribution in [0.3, 0.4) is 0 Å². The van der Waals surface area contributed by atoms with Gasteiger partial charge in [0, 0.05) is 6.54 Å². The summed E-state index contributed by atoms with van der Waals surface area (Å²) in [7, 11) is 0. The molecule has 0 aliphatic heterocycles. The molecule has 0 aromatic carbocycles. The van der Waals surface area contributed by atoms with E-state index in [1.807, 2.05) is 0 Å². The highest BCUT2D eigenvalue weighted by Crippen LogP contribution is 1.81. The Bertz CT molecular complexity index is 218. The molecule has 0 aliphatic carbocycles. The van der Waals surface area contributed by atoms with E-state index in [1.165, 1.54) is 0 Å². The highest BCUT2D eigenvalue weighted by Gasteiger charge is 2.11. The molecule has 0 aliphatic rings. The van der Waals surface area contributed by atoms with Gasteiger partial charge in [0.25, 0.3) is 0 Å². The lowest BCUT2D eigenvalue weighted by atomic mass is 10.3. The molecule has 0 bridgehead atoms. The second-order valence-electron chi connectivity index (χ2n) is 2.63. The van der Waals surface area contributed by atoms with E-state index < -0.39 is 11.9 Å². The van der Waals surface area contributed by atoms with Crippen molar-refractivity contribution in [1.29, 1.82) is 0 Å². The smallest absolute Gasteiger partial charge is 0.245 e.